The molecule has 0 aromatic heterocycles. The number of sulfonamides is 2. The van der Waals surface area contributed by atoms with Gasteiger partial charge in [-0.2, -0.15) is 104 Å². The van der Waals surface area contributed by atoms with Crippen LogP contribution in [0.15, 0.2) is 36.4 Å². The van der Waals surface area contributed by atoms with E-state index in [1.54, 1.807) is 0 Å². The predicted octanol–water partition coefficient (Wildman–Crippen LogP) is 6.83. The Hall–Kier alpha value is -3.98. The molecular weight excluding hydrogens is 770 g/mol. The molecule has 2 aromatic rings. The average Bonchev–Trinajstić information content (AvgIpc) is 2.84. The summed E-state index contributed by atoms with van der Waals surface area (Å²) < 4.78 is 284. The van der Waals surface area contributed by atoms with E-state index < -0.39 is 146 Å². The monoisotopic (exact) mass is 776 g/mol. The van der Waals surface area contributed by atoms with Gasteiger partial charge in [0.15, 0.2) is 0 Å². The fraction of sp³-hybridized carbons (Fsp3) is 0.300. The maximum Gasteiger partial charge on any atom is 0.517 e. The number of amides is 2. The number of alkyl halides is 18. The largest absolute Gasteiger partial charge is 0.517 e. The third kappa shape index (κ3) is 8.00. The SMILES string of the molecule is O=C(C(=O)N(c1cc(C(F)(F)F)cc(C(F)(F)F)c1)S(=O)(=O)C(F)(F)F)N(c1cc(C(F)(F)F)cc(C(F)(F)F)c1)S(=O)(=O)C(F)(F)F. The smallest absolute Gasteiger partial charge is 0.262 e. The van der Waals surface area contributed by atoms with Crippen LogP contribution in [0.25, 0.3) is 0 Å². The third-order valence-electron chi connectivity index (χ3n) is 5.23. The summed E-state index contributed by atoms with van der Waals surface area (Å²) in [7, 11) is -15.9. The van der Waals surface area contributed by atoms with Gasteiger partial charge in [-0.05, 0) is 36.4 Å². The molecule has 0 aliphatic rings. The normalized spacial score (nSPS) is 14.1. The predicted molar refractivity (Wildman–Crippen MR) is 118 cm³/mol. The first kappa shape index (κ1) is 40.2. The molecule has 2 rings (SSSR count). The summed E-state index contributed by atoms with van der Waals surface area (Å²) in [6, 6.07) is -6.01. The molecule has 2 amide bonds. The van der Waals surface area contributed by atoms with Gasteiger partial charge in [0.25, 0.3) is 0 Å². The Kier molecular flexibility index (Phi) is 9.93. The number of rotatable bonds is 4. The summed E-state index contributed by atoms with van der Waals surface area (Å²) in [5, 5.41) is 0. The third-order valence-corrected chi connectivity index (χ3v) is 8.12. The van der Waals surface area contributed by atoms with Crippen LogP contribution < -0.4 is 8.61 Å². The van der Waals surface area contributed by atoms with Crippen LogP contribution in [0.5, 0.6) is 0 Å². The molecule has 0 bridgehead atoms. The van der Waals surface area contributed by atoms with Crippen molar-refractivity contribution >= 4 is 43.2 Å². The van der Waals surface area contributed by atoms with Gasteiger partial charge < -0.3 is 0 Å². The molecule has 0 atom stereocenters. The zero-order valence-electron chi connectivity index (χ0n) is 21.4. The van der Waals surface area contributed by atoms with E-state index >= 15 is 0 Å². The van der Waals surface area contributed by atoms with Crippen molar-refractivity contribution in [2.75, 3.05) is 8.61 Å². The Morgan fingerprint density at radius 2 is 0.583 bits per heavy atom. The molecule has 0 fully saturated rings. The minimum absolute atomic E-state index is 0.921. The van der Waals surface area contributed by atoms with Crippen molar-refractivity contribution < 1.29 is 105 Å². The van der Waals surface area contributed by atoms with Crippen LogP contribution in [-0.4, -0.2) is 39.7 Å². The molecule has 0 N–H and O–H groups in total. The van der Waals surface area contributed by atoms with Crippen molar-refractivity contribution in [1.29, 1.82) is 0 Å². The summed E-state index contributed by atoms with van der Waals surface area (Å²) in [5.74, 6) is -8.00. The van der Waals surface area contributed by atoms with Gasteiger partial charge in [0, 0.05) is 0 Å². The first-order valence-electron chi connectivity index (χ1n) is 10.9. The van der Waals surface area contributed by atoms with Gasteiger partial charge in [-0.25, -0.2) is 0 Å². The molecule has 0 heterocycles. The molecule has 0 radical (unpaired) electrons. The lowest BCUT2D eigenvalue weighted by Crippen LogP contribution is -2.55. The Morgan fingerprint density at radius 1 is 0.396 bits per heavy atom. The number of nitrogens with zero attached hydrogens (tertiary/aromatic N) is 2. The molecule has 0 aliphatic heterocycles. The quantitative estimate of drug-likeness (QED) is 0.249. The van der Waals surface area contributed by atoms with E-state index in [1.165, 1.54) is 0 Å². The lowest BCUT2D eigenvalue weighted by Gasteiger charge is -2.28. The van der Waals surface area contributed by atoms with Crippen molar-refractivity contribution in [3.63, 3.8) is 0 Å². The summed E-state index contributed by atoms with van der Waals surface area (Å²) in [5.41, 5.74) is -30.9. The van der Waals surface area contributed by atoms with Gasteiger partial charge in [-0.1, -0.05) is 0 Å². The molecule has 0 saturated carbocycles. The lowest BCUT2D eigenvalue weighted by atomic mass is 10.1. The maximum atomic E-state index is 13.5. The van der Waals surface area contributed by atoms with E-state index in [0.29, 0.717) is 0 Å². The Balaban J connectivity index is 3.16. The molecule has 28 heteroatoms. The van der Waals surface area contributed by atoms with Crippen molar-refractivity contribution in [2.24, 2.45) is 0 Å². The van der Waals surface area contributed by atoms with Crippen LogP contribution in [-0.2, 0) is 54.3 Å². The van der Waals surface area contributed by atoms with Crippen LogP contribution in [0.3, 0.4) is 0 Å². The van der Waals surface area contributed by atoms with Gasteiger partial charge in [0.2, 0.25) is 0 Å². The zero-order valence-corrected chi connectivity index (χ0v) is 23.1. The van der Waals surface area contributed by atoms with E-state index in [-0.39, 0.29) is 0 Å². The molecular formula is C20H6F18N2O6S2. The van der Waals surface area contributed by atoms with Crippen molar-refractivity contribution in [2.45, 2.75) is 35.7 Å². The van der Waals surface area contributed by atoms with Gasteiger partial charge in [0.05, 0.1) is 33.6 Å². The highest BCUT2D eigenvalue weighted by atomic mass is 32.2. The van der Waals surface area contributed by atoms with E-state index in [1.807, 2.05) is 0 Å². The number of benzene rings is 2. The number of carbonyl (C=O) groups excluding carboxylic acids is 2. The van der Waals surface area contributed by atoms with E-state index in [4.69, 9.17) is 0 Å². The van der Waals surface area contributed by atoms with Gasteiger partial charge in [0.1, 0.15) is 0 Å². The molecule has 0 aliphatic carbocycles. The molecule has 8 nitrogen and oxygen atoms in total. The number of anilines is 2. The van der Waals surface area contributed by atoms with Crippen molar-refractivity contribution in [3.8, 4) is 0 Å². The van der Waals surface area contributed by atoms with Crippen molar-refractivity contribution in [3.05, 3.63) is 58.7 Å². The van der Waals surface area contributed by atoms with E-state index in [0.717, 1.165) is 0 Å². The topological polar surface area (TPSA) is 109 Å². The number of halogens is 18. The fourth-order valence-electron chi connectivity index (χ4n) is 3.22. The van der Waals surface area contributed by atoms with Gasteiger partial charge in [-0.15, -0.1) is 0 Å². The van der Waals surface area contributed by atoms with E-state index in [9.17, 15) is 105 Å². The molecule has 0 spiro atoms. The lowest BCUT2D eigenvalue weighted by molar-refractivity contribution is -0.144. The van der Waals surface area contributed by atoms with Gasteiger partial charge in [-0.3, -0.25) is 9.59 Å². The van der Waals surface area contributed by atoms with Crippen LogP contribution in [0, 0.1) is 0 Å². The summed E-state index contributed by atoms with van der Waals surface area (Å²) >= 11 is 0. The van der Waals surface area contributed by atoms with Crippen LogP contribution in [0.1, 0.15) is 22.3 Å². The van der Waals surface area contributed by atoms with Gasteiger partial charge >= 0.3 is 67.6 Å². The highest BCUT2D eigenvalue weighted by molar-refractivity contribution is 7.95. The first-order chi connectivity index (χ1) is 21.0. The standard InChI is InChI=1S/C20H6F18N2O6S2/c21-15(22,23)7-1-8(16(24,25)26)4-11(3-7)39(47(43,44)19(33,34)35)13(41)14(42)40(48(45,46)20(36,37)38)12-5-9(17(27,28)29)2-10(6-12)18(30,31)32/h1-6H. The Labute approximate surface area is 252 Å². The number of hydrogen-bond acceptors (Lipinski definition) is 6. The molecule has 2 aromatic carbocycles. The van der Waals surface area contributed by atoms with Crippen LogP contribution in [0.4, 0.5) is 90.4 Å². The second-order valence-electron chi connectivity index (χ2n) is 8.57. The first-order valence-corrected chi connectivity index (χ1v) is 13.7. The molecule has 0 unspecified atom stereocenters. The summed E-state index contributed by atoms with van der Waals surface area (Å²) in [6.45, 7) is 0. The Bertz CT molecular complexity index is 1620. The molecule has 48 heavy (non-hydrogen) atoms. The number of carbonyl (C=O) groups is 2. The number of hydrogen-bond donors (Lipinski definition) is 0. The second-order valence-corrected chi connectivity index (χ2v) is 12.1. The minimum Gasteiger partial charge on any atom is -0.262 e. The highest BCUT2D eigenvalue weighted by Crippen LogP contribution is 2.43. The van der Waals surface area contributed by atoms with E-state index in [2.05, 4.69) is 0 Å². The maximum absolute atomic E-state index is 13.5. The second kappa shape index (κ2) is 11.9. The van der Waals surface area contributed by atoms with Crippen LogP contribution in [0.2, 0.25) is 0 Å². The Morgan fingerprint density at radius 3 is 0.729 bits per heavy atom. The summed E-state index contributed by atoms with van der Waals surface area (Å²) in [4.78, 5) is 25.7. The minimum atomic E-state index is -7.95. The zero-order chi connectivity index (χ0) is 38.0. The van der Waals surface area contributed by atoms with Crippen LogP contribution >= 0.6 is 0 Å². The summed E-state index contributed by atoms with van der Waals surface area (Å²) in [6.07, 6.45) is -24.4. The average molecular weight is 776 g/mol. The van der Waals surface area contributed by atoms with Crippen molar-refractivity contribution in [1.82, 2.24) is 0 Å². The highest BCUT2D eigenvalue weighted by Gasteiger charge is 2.59. The molecule has 0 saturated heterocycles. The fourth-order valence-corrected chi connectivity index (χ4v) is 5.00. The molecule has 270 valence electrons.